The van der Waals surface area contributed by atoms with E-state index in [1.165, 1.54) is 21.9 Å². The molecule has 1 saturated heterocycles. The molecular formula is C13H19F3N2+2. The van der Waals surface area contributed by atoms with E-state index in [0.717, 1.165) is 26.2 Å². The van der Waals surface area contributed by atoms with E-state index in [2.05, 4.69) is 7.05 Å². The Morgan fingerprint density at radius 2 is 1.67 bits per heavy atom. The number of quaternary nitrogens is 2. The van der Waals surface area contributed by atoms with Gasteiger partial charge in [0.15, 0.2) is 0 Å². The topological polar surface area (TPSA) is 8.88 Å². The van der Waals surface area contributed by atoms with Crippen LogP contribution in [0.3, 0.4) is 0 Å². The molecule has 1 aromatic carbocycles. The zero-order valence-corrected chi connectivity index (χ0v) is 10.5. The fraction of sp³-hybridized carbons (Fsp3) is 0.538. The molecule has 0 radical (unpaired) electrons. The summed E-state index contributed by atoms with van der Waals surface area (Å²) in [5.41, 5.74) is -0.0664. The van der Waals surface area contributed by atoms with Gasteiger partial charge >= 0.3 is 6.18 Å². The lowest BCUT2D eigenvalue weighted by molar-refractivity contribution is -1.01. The number of rotatable bonds is 2. The largest absolute Gasteiger partial charge is 0.416 e. The highest BCUT2D eigenvalue weighted by Crippen LogP contribution is 2.31. The number of nitrogens with one attached hydrogen (secondary N) is 2. The second-order valence-electron chi connectivity index (χ2n) is 5.04. The maximum absolute atomic E-state index is 12.9. The molecule has 1 aromatic rings. The van der Waals surface area contributed by atoms with Gasteiger partial charge in [0.05, 0.1) is 12.6 Å². The monoisotopic (exact) mass is 260 g/mol. The summed E-state index contributed by atoms with van der Waals surface area (Å²) in [6, 6.07) is 5.91. The van der Waals surface area contributed by atoms with Crippen molar-refractivity contribution in [3.63, 3.8) is 0 Å². The Balaban J connectivity index is 2.10. The molecule has 2 rings (SSSR count). The van der Waals surface area contributed by atoms with Gasteiger partial charge in [-0.05, 0) is 6.07 Å². The lowest BCUT2D eigenvalue weighted by Gasteiger charge is -2.28. The van der Waals surface area contributed by atoms with Gasteiger partial charge in [0.25, 0.3) is 0 Å². The fourth-order valence-corrected chi connectivity index (χ4v) is 2.43. The molecule has 1 aliphatic heterocycles. The predicted octanol–water partition coefficient (Wildman–Crippen LogP) is -0.381. The van der Waals surface area contributed by atoms with Gasteiger partial charge in [0.1, 0.15) is 32.7 Å². The molecule has 2 nitrogen and oxygen atoms in total. The van der Waals surface area contributed by atoms with Crippen molar-refractivity contribution in [2.75, 3.05) is 33.2 Å². The Hall–Kier alpha value is -1.07. The van der Waals surface area contributed by atoms with Crippen LogP contribution < -0.4 is 9.80 Å². The van der Waals surface area contributed by atoms with E-state index >= 15 is 0 Å². The van der Waals surface area contributed by atoms with Crippen LogP contribution in [0.1, 0.15) is 11.1 Å². The zero-order valence-electron chi connectivity index (χ0n) is 10.5. The molecule has 1 heterocycles. The zero-order chi connectivity index (χ0) is 13.2. The lowest BCUT2D eigenvalue weighted by atomic mass is 10.1. The van der Waals surface area contributed by atoms with Crippen LogP contribution >= 0.6 is 0 Å². The highest BCUT2D eigenvalue weighted by Gasteiger charge is 2.34. The van der Waals surface area contributed by atoms with Crippen LogP contribution in [0, 0.1) is 0 Å². The molecule has 1 fully saturated rings. The van der Waals surface area contributed by atoms with Crippen molar-refractivity contribution in [2.45, 2.75) is 12.7 Å². The van der Waals surface area contributed by atoms with E-state index in [1.54, 1.807) is 12.1 Å². The number of alkyl halides is 3. The molecule has 1 aliphatic rings. The van der Waals surface area contributed by atoms with Gasteiger partial charge in [0, 0.05) is 5.56 Å². The number of halogens is 3. The van der Waals surface area contributed by atoms with Crippen molar-refractivity contribution in [3.8, 4) is 0 Å². The van der Waals surface area contributed by atoms with Gasteiger partial charge in [-0.3, -0.25) is 0 Å². The maximum atomic E-state index is 12.9. The number of piperazine rings is 1. The first-order valence-electron chi connectivity index (χ1n) is 6.27. The van der Waals surface area contributed by atoms with Crippen molar-refractivity contribution in [1.82, 2.24) is 0 Å². The van der Waals surface area contributed by atoms with Crippen molar-refractivity contribution in [2.24, 2.45) is 0 Å². The summed E-state index contributed by atoms with van der Waals surface area (Å²) < 4.78 is 38.6. The third kappa shape index (κ3) is 3.23. The van der Waals surface area contributed by atoms with Crippen LogP contribution in [0.4, 0.5) is 13.2 Å². The molecular weight excluding hydrogens is 241 g/mol. The Labute approximate surface area is 105 Å². The highest BCUT2D eigenvalue weighted by molar-refractivity contribution is 5.28. The molecule has 0 atom stereocenters. The second kappa shape index (κ2) is 5.28. The summed E-state index contributed by atoms with van der Waals surface area (Å²) in [6.45, 7) is 4.42. The molecule has 0 amide bonds. The minimum atomic E-state index is -4.24. The van der Waals surface area contributed by atoms with Gasteiger partial charge in [-0.25, -0.2) is 0 Å². The van der Waals surface area contributed by atoms with E-state index in [9.17, 15) is 13.2 Å². The Bertz CT molecular complexity index is 395. The average molecular weight is 260 g/mol. The van der Waals surface area contributed by atoms with Crippen LogP contribution in [-0.4, -0.2) is 33.2 Å². The standard InChI is InChI=1S/C13H17F3N2/c1-17-6-8-18(9-7-17)10-11-4-2-3-5-12(11)13(14,15)16/h2-5H,6-10H2,1H3/p+2. The molecule has 0 aromatic heterocycles. The van der Waals surface area contributed by atoms with Gasteiger partial charge in [0.2, 0.25) is 0 Å². The molecule has 0 unspecified atom stereocenters. The summed E-state index contributed by atoms with van der Waals surface area (Å²) in [4.78, 5) is 2.71. The number of hydrogen-bond donors (Lipinski definition) is 2. The van der Waals surface area contributed by atoms with E-state index < -0.39 is 11.7 Å². The first-order valence-corrected chi connectivity index (χ1v) is 6.27. The molecule has 0 saturated carbocycles. The molecule has 0 bridgehead atoms. The smallest absolute Gasteiger partial charge is 0.328 e. The van der Waals surface area contributed by atoms with E-state index in [0.29, 0.717) is 12.1 Å². The van der Waals surface area contributed by atoms with Crippen molar-refractivity contribution < 1.29 is 23.0 Å². The first-order chi connectivity index (χ1) is 8.47. The van der Waals surface area contributed by atoms with Gasteiger partial charge in [-0.15, -0.1) is 0 Å². The quantitative estimate of drug-likeness (QED) is 0.717. The van der Waals surface area contributed by atoms with Gasteiger partial charge < -0.3 is 9.80 Å². The molecule has 100 valence electrons. The van der Waals surface area contributed by atoms with Crippen LogP contribution in [-0.2, 0) is 12.7 Å². The number of hydrogen-bond acceptors (Lipinski definition) is 0. The summed E-state index contributed by atoms with van der Waals surface area (Å²) >= 11 is 0. The summed E-state index contributed by atoms with van der Waals surface area (Å²) in [6.07, 6.45) is -4.24. The number of likely N-dealkylation sites (N-methyl/N-ethyl adjacent to an activating group) is 1. The van der Waals surface area contributed by atoms with Crippen molar-refractivity contribution in [3.05, 3.63) is 35.4 Å². The summed E-state index contributed by atoms with van der Waals surface area (Å²) in [5.74, 6) is 0. The Morgan fingerprint density at radius 3 is 2.28 bits per heavy atom. The first kappa shape index (κ1) is 13.4. The molecule has 2 N–H and O–H groups in total. The average Bonchev–Trinajstić information content (AvgIpc) is 2.31. The SMILES string of the molecule is C[NH+]1CC[NH+](Cc2ccccc2C(F)(F)F)CC1. The number of benzene rings is 1. The van der Waals surface area contributed by atoms with Crippen LogP contribution in [0.15, 0.2) is 24.3 Å². The van der Waals surface area contributed by atoms with Crippen LogP contribution in [0.5, 0.6) is 0 Å². The maximum Gasteiger partial charge on any atom is 0.416 e. The molecule has 0 spiro atoms. The van der Waals surface area contributed by atoms with Crippen LogP contribution in [0.2, 0.25) is 0 Å². The van der Waals surface area contributed by atoms with Crippen molar-refractivity contribution >= 4 is 0 Å². The second-order valence-corrected chi connectivity index (χ2v) is 5.04. The normalized spacial score (nSPS) is 25.1. The Morgan fingerprint density at radius 1 is 1.06 bits per heavy atom. The summed E-state index contributed by atoms with van der Waals surface area (Å²) in [7, 11) is 2.13. The third-order valence-electron chi connectivity index (χ3n) is 3.57. The fourth-order valence-electron chi connectivity index (χ4n) is 2.43. The van der Waals surface area contributed by atoms with E-state index in [-0.39, 0.29) is 0 Å². The van der Waals surface area contributed by atoms with Crippen molar-refractivity contribution in [1.29, 1.82) is 0 Å². The molecule has 18 heavy (non-hydrogen) atoms. The molecule has 0 aliphatic carbocycles. The Kier molecular flexibility index (Phi) is 3.92. The third-order valence-corrected chi connectivity index (χ3v) is 3.57. The van der Waals surface area contributed by atoms with Gasteiger partial charge in [-0.2, -0.15) is 13.2 Å². The lowest BCUT2D eigenvalue weighted by Crippen LogP contribution is -3.26. The summed E-state index contributed by atoms with van der Waals surface area (Å²) in [5, 5.41) is 0. The van der Waals surface area contributed by atoms with E-state index in [4.69, 9.17) is 0 Å². The van der Waals surface area contributed by atoms with E-state index in [1.807, 2.05) is 0 Å². The predicted molar refractivity (Wildman–Crippen MR) is 62.5 cm³/mol. The minimum absolute atomic E-state index is 0.416. The van der Waals surface area contributed by atoms with Gasteiger partial charge in [-0.1, -0.05) is 18.2 Å². The minimum Gasteiger partial charge on any atom is -0.328 e. The van der Waals surface area contributed by atoms with Crippen LogP contribution in [0.25, 0.3) is 0 Å². The molecule has 5 heteroatoms. The highest BCUT2D eigenvalue weighted by atomic mass is 19.4.